The van der Waals surface area contributed by atoms with Gasteiger partial charge in [0.15, 0.2) is 0 Å². The molecule has 2 N–H and O–H groups in total. The molecule has 2 aromatic rings. The molecule has 0 aliphatic rings. The predicted molar refractivity (Wildman–Crippen MR) is 71.7 cm³/mol. The second-order valence-corrected chi connectivity index (χ2v) is 4.87. The molecule has 0 aliphatic heterocycles. The molecule has 2 nitrogen and oxygen atoms in total. The van der Waals surface area contributed by atoms with Gasteiger partial charge in [-0.25, -0.2) is 0 Å². The molecule has 16 heavy (non-hydrogen) atoms. The van der Waals surface area contributed by atoms with Crippen LogP contribution in [0.3, 0.4) is 0 Å². The van der Waals surface area contributed by atoms with Crippen LogP contribution in [0, 0.1) is 13.8 Å². The molecule has 84 valence electrons. The molecule has 0 radical (unpaired) electrons. The van der Waals surface area contributed by atoms with Crippen molar-refractivity contribution in [2.75, 3.05) is 5.32 Å². The Bertz CT molecular complexity index is 452. The molecule has 0 saturated carbocycles. The van der Waals surface area contributed by atoms with Gasteiger partial charge in [0.05, 0.1) is 5.69 Å². The van der Waals surface area contributed by atoms with E-state index in [1.807, 2.05) is 12.4 Å². The number of hydrogen-bond acceptors (Lipinski definition) is 1. The fourth-order valence-corrected chi connectivity index (χ4v) is 2.61. The van der Waals surface area contributed by atoms with Crippen LogP contribution in [-0.2, 0) is 6.54 Å². The van der Waals surface area contributed by atoms with E-state index in [2.05, 4.69) is 58.3 Å². The number of halogens is 1. The van der Waals surface area contributed by atoms with E-state index in [-0.39, 0.29) is 0 Å². The molecule has 1 aromatic carbocycles. The average molecular weight is 279 g/mol. The lowest BCUT2D eigenvalue weighted by Gasteiger charge is -2.12. The number of aromatic amines is 1. The van der Waals surface area contributed by atoms with E-state index in [4.69, 9.17) is 0 Å². The van der Waals surface area contributed by atoms with Crippen LogP contribution < -0.4 is 5.32 Å². The Labute approximate surface area is 104 Å². The first-order chi connectivity index (χ1) is 7.66. The first kappa shape index (κ1) is 11.3. The molecule has 0 fully saturated rings. The fraction of sp³-hybridized carbons (Fsp3) is 0.231. The summed E-state index contributed by atoms with van der Waals surface area (Å²) < 4.78 is 1.13. The minimum Gasteiger partial charge on any atom is -0.380 e. The molecule has 1 aromatic heterocycles. The van der Waals surface area contributed by atoms with Gasteiger partial charge in [0, 0.05) is 23.4 Å². The third-order valence-electron chi connectivity index (χ3n) is 2.56. The van der Waals surface area contributed by atoms with Crippen LogP contribution in [0.25, 0.3) is 0 Å². The number of H-pyrrole nitrogens is 1. The summed E-state index contributed by atoms with van der Waals surface area (Å²) in [6, 6.07) is 6.39. The van der Waals surface area contributed by atoms with E-state index < -0.39 is 0 Å². The molecule has 1 heterocycles. The lowest BCUT2D eigenvalue weighted by molar-refractivity contribution is 1.14. The van der Waals surface area contributed by atoms with Gasteiger partial charge in [-0.3, -0.25) is 0 Å². The van der Waals surface area contributed by atoms with Gasteiger partial charge < -0.3 is 10.3 Å². The minimum atomic E-state index is 0.839. The maximum absolute atomic E-state index is 3.59. The fourth-order valence-electron chi connectivity index (χ4n) is 1.80. The highest BCUT2D eigenvalue weighted by Crippen LogP contribution is 2.28. The molecule has 0 aliphatic carbocycles. The van der Waals surface area contributed by atoms with Gasteiger partial charge in [-0.2, -0.15) is 0 Å². The topological polar surface area (TPSA) is 27.8 Å². The summed E-state index contributed by atoms with van der Waals surface area (Å²) in [6.07, 6.45) is 3.94. The van der Waals surface area contributed by atoms with Crippen molar-refractivity contribution in [1.29, 1.82) is 0 Å². The Kier molecular flexibility index (Phi) is 3.34. The number of benzene rings is 1. The van der Waals surface area contributed by atoms with Crippen LogP contribution in [0.1, 0.15) is 16.7 Å². The molecule has 0 saturated heterocycles. The van der Waals surface area contributed by atoms with Gasteiger partial charge in [0.2, 0.25) is 0 Å². The van der Waals surface area contributed by atoms with Gasteiger partial charge in [0.1, 0.15) is 0 Å². The molecule has 0 spiro atoms. The van der Waals surface area contributed by atoms with E-state index in [0.29, 0.717) is 0 Å². The second-order valence-electron chi connectivity index (χ2n) is 4.01. The Morgan fingerprint density at radius 2 is 2.12 bits per heavy atom. The van der Waals surface area contributed by atoms with E-state index in [1.54, 1.807) is 0 Å². The van der Waals surface area contributed by atoms with Gasteiger partial charge in [0.25, 0.3) is 0 Å². The summed E-state index contributed by atoms with van der Waals surface area (Å²) in [5, 5.41) is 3.44. The summed E-state index contributed by atoms with van der Waals surface area (Å²) in [4.78, 5) is 3.05. The van der Waals surface area contributed by atoms with Crippen molar-refractivity contribution in [3.63, 3.8) is 0 Å². The summed E-state index contributed by atoms with van der Waals surface area (Å²) >= 11 is 3.59. The van der Waals surface area contributed by atoms with Crippen LogP contribution in [0.15, 0.2) is 35.1 Å². The van der Waals surface area contributed by atoms with Crippen LogP contribution in [-0.4, -0.2) is 4.98 Å². The number of hydrogen-bond donors (Lipinski definition) is 2. The van der Waals surface area contributed by atoms with Crippen molar-refractivity contribution in [3.8, 4) is 0 Å². The number of aromatic nitrogens is 1. The third kappa shape index (κ3) is 2.47. The largest absolute Gasteiger partial charge is 0.380 e. The van der Waals surface area contributed by atoms with Crippen molar-refractivity contribution in [2.45, 2.75) is 20.4 Å². The van der Waals surface area contributed by atoms with E-state index in [1.165, 1.54) is 22.4 Å². The van der Waals surface area contributed by atoms with Gasteiger partial charge in [-0.1, -0.05) is 6.07 Å². The third-order valence-corrected chi connectivity index (χ3v) is 3.19. The smallest absolute Gasteiger partial charge is 0.0517 e. The first-order valence-electron chi connectivity index (χ1n) is 5.29. The summed E-state index contributed by atoms with van der Waals surface area (Å²) in [6.45, 7) is 5.07. The van der Waals surface area contributed by atoms with Crippen molar-refractivity contribution in [1.82, 2.24) is 4.98 Å². The van der Waals surface area contributed by atoms with E-state index in [0.717, 1.165) is 11.0 Å². The highest BCUT2D eigenvalue weighted by molar-refractivity contribution is 9.10. The Morgan fingerprint density at radius 1 is 1.31 bits per heavy atom. The molecule has 0 amide bonds. The van der Waals surface area contributed by atoms with Crippen LogP contribution in [0.2, 0.25) is 0 Å². The number of aryl methyl sites for hydroxylation is 2. The van der Waals surface area contributed by atoms with Crippen LogP contribution in [0.4, 0.5) is 5.69 Å². The van der Waals surface area contributed by atoms with Gasteiger partial charge >= 0.3 is 0 Å². The SMILES string of the molecule is Cc1cc(C)c(NCc2cc[nH]c2)c(Br)c1. The zero-order valence-electron chi connectivity index (χ0n) is 9.47. The Balaban J connectivity index is 2.15. The summed E-state index contributed by atoms with van der Waals surface area (Å²) in [5.74, 6) is 0. The van der Waals surface area contributed by atoms with E-state index >= 15 is 0 Å². The monoisotopic (exact) mass is 278 g/mol. The molecule has 3 heteroatoms. The van der Waals surface area contributed by atoms with Crippen molar-refractivity contribution < 1.29 is 0 Å². The van der Waals surface area contributed by atoms with Crippen LogP contribution in [0.5, 0.6) is 0 Å². The van der Waals surface area contributed by atoms with Crippen molar-refractivity contribution in [2.24, 2.45) is 0 Å². The highest BCUT2D eigenvalue weighted by atomic mass is 79.9. The normalized spacial score (nSPS) is 10.4. The van der Waals surface area contributed by atoms with Crippen LogP contribution >= 0.6 is 15.9 Å². The zero-order chi connectivity index (χ0) is 11.5. The molecule has 0 bridgehead atoms. The lowest BCUT2D eigenvalue weighted by Crippen LogP contribution is -2.01. The summed E-state index contributed by atoms with van der Waals surface area (Å²) in [7, 11) is 0. The van der Waals surface area contributed by atoms with Gasteiger partial charge in [-0.05, 0) is 58.6 Å². The number of nitrogens with one attached hydrogen (secondary N) is 2. The number of rotatable bonds is 3. The number of anilines is 1. The first-order valence-corrected chi connectivity index (χ1v) is 6.08. The molecular weight excluding hydrogens is 264 g/mol. The second kappa shape index (κ2) is 4.74. The highest BCUT2D eigenvalue weighted by Gasteiger charge is 2.04. The van der Waals surface area contributed by atoms with Crippen molar-refractivity contribution in [3.05, 3.63) is 51.8 Å². The molecular formula is C13H15BrN2. The molecule has 0 unspecified atom stereocenters. The maximum atomic E-state index is 3.59. The predicted octanol–water partition coefficient (Wildman–Crippen LogP) is 4.01. The van der Waals surface area contributed by atoms with E-state index in [9.17, 15) is 0 Å². The molecule has 2 rings (SSSR count). The molecule has 0 atom stereocenters. The maximum Gasteiger partial charge on any atom is 0.0517 e. The average Bonchev–Trinajstić information content (AvgIpc) is 2.68. The van der Waals surface area contributed by atoms with Crippen molar-refractivity contribution >= 4 is 21.6 Å². The standard InChI is InChI=1S/C13H15BrN2/c1-9-5-10(2)13(12(14)6-9)16-8-11-3-4-15-7-11/h3-7,15-16H,8H2,1-2H3. The minimum absolute atomic E-state index is 0.839. The van der Waals surface area contributed by atoms with Gasteiger partial charge in [-0.15, -0.1) is 0 Å². The quantitative estimate of drug-likeness (QED) is 0.873. The zero-order valence-corrected chi connectivity index (χ0v) is 11.1. The lowest BCUT2D eigenvalue weighted by atomic mass is 10.1. The Hall–Kier alpha value is -1.22. The summed E-state index contributed by atoms with van der Waals surface area (Å²) in [5.41, 5.74) is 4.97. The Morgan fingerprint density at radius 3 is 2.75 bits per heavy atom.